The van der Waals surface area contributed by atoms with Crippen molar-refractivity contribution >= 4 is 27.7 Å². The number of hydrogen-bond donors (Lipinski definition) is 2. The topological polar surface area (TPSA) is 58.2 Å². The van der Waals surface area contributed by atoms with Gasteiger partial charge in [0.05, 0.1) is 11.4 Å². The van der Waals surface area contributed by atoms with Gasteiger partial charge in [0.2, 0.25) is 11.8 Å². The molecule has 4 nitrogen and oxygen atoms in total. The Balaban J connectivity index is 3.87. The van der Waals surface area contributed by atoms with Gasteiger partial charge < -0.3 is 10.6 Å². The van der Waals surface area contributed by atoms with E-state index in [4.69, 9.17) is 0 Å². The van der Waals surface area contributed by atoms with Gasteiger partial charge in [-0.1, -0.05) is 22.9 Å². The van der Waals surface area contributed by atoms with E-state index in [1.165, 1.54) is 0 Å². The lowest BCUT2D eigenvalue weighted by molar-refractivity contribution is -0.126. The van der Waals surface area contributed by atoms with E-state index in [1.807, 2.05) is 27.7 Å². The van der Waals surface area contributed by atoms with E-state index in [9.17, 15) is 9.59 Å². The molecule has 0 aliphatic rings. The van der Waals surface area contributed by atoms with Gasteiger partial charge in [0.1, 0.15) is 0 Å². The molecule has 0 saturated carbocycles. The Morgan fingerprint density at radius 1 is 1.33 bits per heavy atom. The van der Waals surface area contributed by atoms with Crippen LogP contribution in [-0.2, 0) is 9.59 Å². The maximum absolute atomic E-state index is 11.3. The van der Waals surface area contributed by atoms with Crippen molar-refractivity contribution in [2.24, 2.45) is 0 Å². The van der Waals surface area contributed by atoms with Crippen molar-refractivity contribution in [3.05, 3.63) is 0 Å². The Hall–Kier alpha value is -0.580. The van der Waals surface area contributed by atoms with E-state index in [0.29, 0.717) is 6.42 Å². The molecule has 0 heterocycles. The van der Waals surface area contributed by atoms with Crippen molar-refractivity contribution in [3.63, 3.8) is 0 Å². The molecule has 1 unspecified atom stereocenters. The number of rotatable bonds is 4. The van der Waals surface area contributed by atoms with E-state index >= 15 is 0 Å². The van der Waals surface area contributed by atoms with Gasteiger partial charge in [-0.2, -0.15) is 0 Å². The third kappa shape index (κ3) is 7.36. The number of hydrogen-bond acceptors (Lipinski definition) is 2. The maximum Gasteiger partial charge on any atom is 0.239 e. The summed E-state index contributed by atoms with van der Waals surface area (Å²) >= 11 is 3.21. The molecule has 0 aromatic heterocycles. The fourth-order valence-corrected chi connectivity index (χ4v) is 1.09. The van der Waals surface area contributed by atoms with Gasteiger partial charge in [-0.05, 0) is 27.2 Å². The van der Waals surface area contributed by atoms with Crippen LogP contribution in [0.25, 0.3) is 0 Å². The van der Waals surface area contributed by atoms with E-state index in [0.717, 1.165) is 0 Å². The van der Waals surface area contributed by atoms with E-state index < -0.39 is 0 Å². The second kappa shape index (κ2) is 6.10. The quantitative estimate of drug-likeness (QED) is 0.759. The van der Waals surface area contributed by atoms with E-state index in [2.05, 4.69) is 26.6 Å². The first-order valence-electron chi connectivity index (χ1n) is 4.99. The molecule has 0 aliphatic carbocycles. The first-order chi connectivity index (χ1) is 6.76. The summed E-state index contributed by atoms with van der Waals surface area (Å²) < 4.78 is 0. The van der Waals surface area contributed by atoms with Gasteiger partial charge in [0, 0.05) is 5.54 Å². The zero-order valence-corrected chi connectivity index (χ0v) is 11.3. The Kier molecular flexibility index (Phi) is 5.87. The monoisotopic (exact) mass is 278 g/mol. The first-order valence-corrected chi connectivity index (χ1v) is 5.90. The van der Waals surface area contributed by atoms with Crippen molar-refractivity contribution in [1.29, 1.82) is 0 Å². The summed E-state index contributed by atoms with van der Waals surface area (Å²) in [6.07, 6.45) is 0.701. The molecule has 88 valence electrons. The average molecular weight is 279 g/mol. The molecule has 5 heteroatoms. The van der Waals surface area contributed by atoms with Gasteiger partial charge in [-0.3, -0.25) is 9.59 Å². The number of alkyl halides is 1. The van der Waals surface area contributed by atoms with Gasteiger partial charge in [0.25, 0.3) is 0 Å². The maximum atomic E-state index is 11.3. The molecule has 0 radical (unpaired) electrons. The third-order valence-electron chi connectivity index (χ3n) is 1.58. The Bertz CT molecular complexity index is 236. The highest BCUT2D eigenvalue weighted by Crippen LogP contribution is 2.03. The SMILES string of the molecule is CCC(Br)C(=O)NCC(=O)NC(C)(C)C. The fourth-order valence-electron chi connectivity index (χ4n) is 0.926. The minimum Gasteiger partial charge on any atom is -0.350 e. The molecular weight excluding hydrogens is 260 g/mol. The van der Waals surface area contributed by atoms with Gasteiger partial charge in [0.15, 0.2) is 0 Å². The van der Waals surface area contributed by atoms with E-state index in [-0.39, 0.29) is 28.7 Å². The second-order valence-corrected chi connectivity index (χ2v) is 5.50. The summed E-state index contributed by atoms with van der Waals surface area (Å²) in [5.74, 6) is -0.326. The largest absolute Gasteiger partial charge is 0.350 e. The predicted octanol–water partition coefficient (Wildman–Crippen LogP) is 1.19. The second-order valence-electron chi connectivity index (χ2n) is 4.39. The Labute approximate surface area is 99.3 Å². The van der Waals surface area contributed by atoms with Crippen LogP contribution in [0.4, 0.5) is 0 Å². The molecule has 0 aromatic rings. The normalized spacial score (nSPS) is 13.1. The Morgan fingerprint density at radius 3 is 2.27 bits per heavy atom. The van der Waals surface area contributed by atoms with Crippen LogP contribution in [0, 0.1) is 0 Å². The van der Waals surface area contributed by atoms with Crippen molar-refractivity contribution in [3.8, 4) is 0 Å². The molecule has 0 spiro atoms. The molecule has 0 rings (SSSR count). The lowest BCUT2D eigenvalue weighted by Gasteiger charge is -2.20. The lowest BCUT2D eigenvalue weighted by Crippen LogP contribution is -2.46. The molecule has 15 heavy (non-hydrogen) atoms. The molecule has 2 N–H and O–H groups in total. The van der Waals surface area contributed by atoms with Crippen LogP contribution in [0.2, 0.25) is 0 Å². The van der Waals surface area contributed by atoms with Gasteiger partial charge in [-0.25, -0.2) is 0 Å². The molecule has 0 saturated heterocycles. The molecule has 1 atom stereocenters. The predicted molar refractivity (Wildman–Crippen MR) is 63.9 cm³/mol. The van der Waals surface area contributed by atoms with E-state index in [1.54, 1.807) is 0 Å². The Morgan fingerprint density at radius 2 is 1.87 bits per heavy atom. The summed E-state index contributed by atoms with van der Waals surface area (Å²) in [6, 6.07) is 0. The number of nitrogens with one attached hydrogen (secondary N) is 2. The van der Waals surface area contributed by atoms with Crippen molar-refractivity contribution < 1.29 is 9.59 Å². The van der Waals surface area contributed by atoms with Gasteiger partial charge >= 0.3 is 0 Å². The highest BCUT2D eigenvalue weighted by Gasteiger charge is 2.16. The zero-order chi connectivity index (χ0) is 12.1. The molecular formula is C10H19BrN2O2. The fraction of sp³-hybridized carbons (Fsp3) is 0.800. The summed E-state index contributed by atoms with van der Waals surface area (Å²) in [4.78, 5) is 22.4. The first kappa shape index (κ1) is 14.4. The minimum absolute atomic E-state index is 0.0260. The van der Waals surface area contributed by atoms with Crippen LogP contribution in [0.1, 0.15) is 34.1 Å². The molecule has 2 amide bonds. The highest BCUT2D eigenvalue weighted by atomic mass is 79.9. The van der Waals surface area contributed by atoms with Crippen LogP contribution in [0.15, 0.2) is 0 Å². The average Bonchev–Trinajstić information content (AvgIpc) is 2.10. The van der Waals surface area contributed by atoms with Crippen LogP contribution < -0.4 is 10.6 Å². The minimum atomic E-state index is -0.264. The van der Waals surface area contributed by atoms with Crippen LogP contribution in [0.5, 0.6) is 0 Å². The highest BCUT2D eigenvalue weighted by molar-refractivity contribution is 9.10. The molecule has 0 fully saturated rings. The van der Waals surface area contributed by atoms with Crippen LogP contribution >= 0.6 is 15.9 Å². The number of amides is 2. The lowest BCUT2D eigenvalue weighted by atomic mass is 10.1. The molecule has 0 aromatic carbocycles. The summed E-state index contributed by atoms with van der Waals surface area (Å²) in [5.41, 5.74) is -0.264. The van der Waals surface area contributed by atoms with Crippen molar-refractivity contribution in [1.82, 2.24) is 10.6 Å². The summed E-state index contributed by atoms with van der Waals surface area (Å²) in [5, 5.41) is 5.32. The molecule has 0 bridgehead atoms. The van der Waals surface area contributed by atoms with Crippen molar-refractivity contribution in [2.45, 2.75) is 44.5 Å². The zero-order valence-electron chi connectivity index (χ0n) is 9.69. The van der Waals surface area contributed by atoms with Gasteiger partial charge in [-0.15, -0.1) is 0 Å². The number of halogens is 1. The smallest absolute Gasteiger partial charge is 0.239 e. The van der Waals surface area contributed by atoms with Crippen molar-refractivity contribution in [2.75, 3.05) is 6.54 Å². The summed E-state index contributed by atoms with van der Waals surface area (Å²) in [7, 11) is 0. The van der Waals surface area contributed by atoms with Crippen LogP contribution in [-0.4, -0.2) is 28.7 Å². The number of carbonyl (C=O) groups excluding carboxylic acids is 2. The van der Waals surface area contributed by atoms with Crippen LogP contribution in [0.3, 0.4) is 0 Å². The molecule has 0 aliphatic heterocycles. The third-order valence-corrected chi connectivity index (χ3v) is 2.64. The summed E-state index contributed by atoms with van der Waals surface area (Å²) in [6.45, 7) is 7.61. The standard InChI is InChI=1S/C10H19BrN2O2/c1-5-7(11)9(15)12-6-8(14)13-10(2,3)4/h7H,5-6H2,1-4H3,(H,12,15)(H,13,14). The number of carbonyl (C=O) groups is 2.